The lowest BCUT2D eigenvalue weighted by molar-refractivity contribution is -0.150. The summed E-state index contributed by atoms with van der Waals surface area (Å²) in [5, 5.41) is 66.5. The summed E-state index contributed by atoms with van der Waals surface area (Å²) in [6.07, 6.45) is -5.52. The number of nitrogens with one attached hydrogen (secondary N) is 11. The van der Waals surface area contributed by atoms with Crippen LogP contribution < -0.4 is 70.0 Å². The van der Waals surface area contributed by atoms with Crippen molar-refractivity contribution in [2.75, 3.05) is 44.3 Å². The van der Waals surface area contributed by atoms with Crippen LogP contribution in [0.2, 0.25) is 0 Å². The monoisotopic (exact) mass is 1400 g/mol. The minimum Gasteiger partial charge on any atom is -0.481 e. The fraction of sp³-hybridized carbons (Fsp3) is 0.679. The molecule has 0 radical (unpaired) electrons. The van der Waals surface area contributed by atoms with E-state index in [2.05, 4.69) is 58.5 Å². The first-order valence-corrected chi connectivity index (χ1v) is 33.5. The van der Waals surface area contributed by atoms with E-state index in [9.17, 15) is 107 Å². The molecular formula is C56H84N16O22S2. The van der Waals surface area contributed by atoms with Crippen LogP contribution in [0.5, 0.6) is 0 Å². The molecular weight excluding hydrogens is 1310 g/mol. The quantitative estimate of drug-likeness (QED) is 0.0762. The number of aliphatic hydroxyl groups is 2. The van der Waals surface area contributed by atoms with Crippen molar-refractivity contribution < 1.29 is 107 Å². The number of nitrogens with zero attached hydrogens (tertiary/aromatic N) is 3. The lowest BCUT2D eigenvalue weighted by atomic mass is 9.97. The zero-order chi connectivity index (χ0) is 71.4. The molecule has 40 heteroatoms. The second kappa shape index (κ2) is 36.3. The molecule has 16 amide bonds. The number of carboxylic acid groups (broad SMARTS) is 2. The van der Waals surface area contributed by atoms with E-state index in [4.69, 9.17) is 11.5 Å². The molecule has 1 unspecified atom stereocenters. The zero-order valence-corrected chi connectivity index (χ0v) is 54.7. The van der Waals surface area contributed by atoms with Gasteiger partial charge in [-0.25, -0.2) is 0 Å². The normalized spacial score (nSPS) is 29.7. The molecule has 532 valence electrons. The van der Waals surface area contributed by atoms with E-state index in [1.165, 1.54) is 11.8 Å². The summed E-state index contributed by atoms with van der Waals surface area (Å²) in [5.41, 5.74) is 11.0. The third kappa shape index (κ3) is 21.5. The molecule has 0 saturated carbocycles. The van der Waals surface area contributed by atoms with Crippen LogP contribution in [0.15, 0.2) is 0 Å². The number of carbonyl (C=O) groups is 18. The van der Waals surface area contributed by atoms with E-state index in [1.807, 2.05) is 0 Å². The Labute approximate surface area is 557 Å². The van der Waals surface area contributed by atoms with Gasteiger partial charge in [0.1, 0.15) is 78.5 Å². The molecule has 19 N–H and O–H groups in total. The Morgan fingerprint density at radius 1 is 0.469 bits per heavy atom. The van der Waals surface area contributed by atoms with Crippen molar-refractivity contribution in [3.05, 3.63) is 0 Å². The molecule has 0 aliphatic carbocycles. The highest BCUT2D eigenvalue weighted by atomic mass is 33.1. The lowest BCUT2D eigenvalue weighted by Crippen LogP contribution is -2.62. The molecule has 5 aliphatic rings. The Hall–Kier alpha value is -8.92. The van der Waals surface area contributed by atoms with Crippen LogP contribution in [0.4, 0.5) is 0 Å². The standard InChI is InChI=1S/C56H84N16O22S2/c1-5-24(3)42-52(90)66-33-23-96-95-22-32(67-53(91)43(25(4)74)68-39(77)20-59-44(82)27(16-37(57)75)62-50(88)34-10-7-13-70(34)54(92)29(17-38(58)76)63-49(33)87)48(86)61-28(18-40(78)79)46(84)60-26(6-2)45(83)65-31(21-73)47(85)64-30(19-41(80)81)55(93)72-15-9-12-36(72)56(94)71-14-8-11-35(71)51(89)69-42/h24-36,42-43,73-74H,5-23H2,1-4H3,(H2,57,75)(H2,58,76)(H,59,82)(H,60,84)(H,61,86)(H,62,88)(H,63,87)(H,64,85)(H,65,83)(H,66,90)(H,67,91)(H,68,77)(H,69,89)(H,78,79)(H,80,81)/t24-,25+,26?,27-,28-,29-,30-,31-,32-,33-,34-,35-,36-,42-,43-/m0/s1. The predicted octanol–water partition coefficient (Wildman–Crippen LogP) is -9.14. The fourth-order valence-electron chi connectivity index (χ4n) is 11.2. The van der Waals surface area contributed by atoms with Crippen LogP contribution in [0.1, 0.15) is 105 Å². The first kappa shape index (κ1) is 77.8. The van der Waals surface area contributed by atoms with Gasteiger partial charge in [0.25, 0.3) is 0 Å². The number of amides is 16. The Morgan fingerprint density at radius 3 is 1.36 bits per heavy atom. The van der Waals surface area contributed by atoms with Gasteiger partial charge in [-0.15, -0.1) is 0 Å². The zero-order valence-electron chi connectivity index (χ0n) is 53.0. The molecule has 5 fully saturated rings. The van der Waals surface area contributed by atoms with Crippen molar-refractivity contribution in [1.82, 2.24) is 73.2 Å². The number of carboxylic acids is 2. The van der Waals surface area contributed by atoms with Gasteiger partial charge in [-0.1, -0.05) is 48.8 Å². The highest BCUT2D eigenvalue weighted by Gasteiger charge is 2.47. The number of fused-ring (bicyclic) bond motifs is 8. The number of rotatable bonds is 13. The predicted molar refractivity (Wildman–Crippen MR) is 332 cm³/mol. The number of aliphatic carboxylic acids is 2. The van der Waals surface area contributed by atoms with Crippen molar-refractivity contribution in [2.45, 2.75) is 189 Å². The maximum absolute atomic E-state index is 14.8. The molecule has 96 heavy (non-hydrogen) atoms. The number of nitrogens with two attached hydrogens (primary N) is 2. The lowest BCUT2D eigenvalue weighted by Gasteiger charge is -2.34. The average molecular weight is 1400 g/mol. The first-order valence-electron chi connectivity index (χ1n) is 31.1. The Kier molecular flexibility index (Phi) is 29.4. The van der Waals surface area contributed by atoms with Gasteiger partial charge in [0, 0.05) is 31.1 Å². The number of hydrogen-bond acceptors (Lipinski definition) is 22. The molecule has 5 saturated heterocycles. The topological polar surface area (TPSA) is 582 Å². The molecule has 5 rings (SSSR count). The average Bonchev–Trinajstić information content (AvgIpc) is 1.63. The van der Waals surface area contributed by atoms with E-state index in [0.717, 1.165) is 16.7 Å². The van der Waals surface area contributed by atoms with Crippen LogP contribution in [0.3, 0.4) is 0 Å². The third-order valence-electron chi connectivity index (χ3n) is 16.5. The molecule has 0 aromatic rings. The maximum Gasteiger partial charge on any atom is 0.305 e. The van der Waals surface area contributed by atoms with Crippen molar-refractivity contribution >= 4 is 128 Å². The Balaban J connectivity index is 1.66. The van der Waals surface area contributed by atoms with Crippen LogP contribution in [0.25, 0.3) is 0 Å². The minimum absolute atomic E-state index is 0.00833. The summed E-state index contributed by atoms with van der Waals surface area (Å²) in [7, 11) is 1.37. The summed E-state index contributed by atoms with van der Waals surface area (Å²) in [6, 6.07) is -22.8. The van der Waals surface area contributed by atoms with Gasteiger partial charge in [0.2, 0.25) is 94.5 Å². The van der Waals surface area contributed by atoms with Crippen LogP contribution in [-0.4, -0.2) is 271 Å². The van der Waals surface area contributed by atoms with Gasteiger partial charge in [0.15, 0.2) is 0 Å². The molecule has 0 spiro atoms. The summed E-state index contributed by atoms with van der Waals surface area (Å²) in [4.78, 5) is 252. The number of hydrogen-bond donors (Lipinski definition) is 17. The van der Waals surface area contributed by atoms with Gasteiger partial charge in [-0.05, 0) is 57.8 Å². The third-order valence-corrected chi connectivity index (χ3v) is 19.0. The van der Waals surface area contributed by atoms with E-state index in [-0.39, 0.29) is 71.0 Å². The van der Waals surface area contributed by atoms with Crippen molar-refractivity contribution in [1.29, 1.82) is 0 Å². The molecule has 5 aliphatic heterocycles. The minimum atomic E-state index is -2.13. The second-order valence-electron chi connectivity index (χ2n) is 23.6. The highest BCUT2D eigenvalue weighted by Crippen LogP contribution is 2.28. The number of aliphatic hydroxyl groups excluding tert-OH is 2. The fourth-order valence-corrected chi connectivity index (χ4v) is 13.6. The van der Waals surface area contributed by atoms with Gasteiger partial charge >= 0.3 is 11.9 Å². The van der Waals surface area contributed by atoms with E-state index < -0.39 is 247 Å². The van der Waals surface area contributed by atoms with Crippen LogP contribution in [0, 0.1) is 5.92 Å². The van der Waals surface area contributed by atoms with Crippen molar-refractivity contribution in [3.8, 4) is 0 Å². The summed E-state index contributed by atoms with van der Waals surface area (Å²) in [5.74, 6) is -23.6. The smallest absolute Gasteiger partial charge is 0.305 e. The summed E-state index contributed by atoms with van der Waals surface area (Å²) >= 11 is 0. The SMILES string of the molecule is CCC1NC(=O)[C@H](CC(=O)O)NC(=O)[C@@H]2CSSC[C@H](NC(=O)[C@H]([C@@H](C)CC)NC(=O)[C@@H]3CCCN3C(=O)[C@@H]3CCCN3C(=O)[C@H](CC(=O)O)NC(=O)[C@H](CO)NC1=O)C(=O)N[C@@H](CC(N)=O)C(=O)N1CCC[C@H]1C(=O)N[C@@H](CC(N)=O)C(=O)NCC(=O)N[C@@H]([C@@H](C)O)C(=O)N2. The van der Waals surface area contributed by atoms with Crippen molar-refractivity contribution in [3.63, 3.8) is 0 Å². The largest absolute Gasteiger partial charge is 0.481 e. The molecule has 15 atom stereocenters. The van der Waals surface area contributed by atoms with Gasteiger partial charge in [-0.2, -0.15) is 0 Å². The van der Waals surface area contributed by atoms with E-state index >= 15 is 0 Å². The first-order chi connectivity index (χ1) is 45.3. The second-order valence-corrected chi connectivity index (χ2v) is 26.2. The van der Waals surface area contributed by atoms with Gasteiger partial charge in [-0.3, -0.25) is 86.3 Å². The van der Waals surface area contributed by atoms with Gasteiger partial charge < -0.3 is 105 Å². The van der Waals surface area contributed by atoms with Crippen LogP contribution >= 0.6 is 21.6 Å². The highest BCUT2D eigenvalue weighted by molar-refractivity contribution is 8.76. The molecule has 5 heterocycles. The molecule has 0 aromatic carbocycles. The molecule has 2 bridgehead atoms. The van der Waals surface area contributed by atoms with Crippen molar-refractivity contribution in [2.24, 2.45) is 17.4 Å². The van der Waals surface area contributed by atoms with Gasteiger partial charge in [0.05, 0.1) is 44.9 Å². The summed E-state index contributed by atoms with van der Waals surface area (Å²) in [6.45, 7) is 3.04. The number of primary amides is 2. The molecule has 0 aromatic heterocycles. The van der Waals surface area contributed by atoms with E-state index in [0.29, 0.717) is 21.6 Å². The molecule has 38 nitrogen and oxygen atoms in total. The Morgan fingerprint density at radius 2 is 0.865 bits per heavy atom. The summed E-state index contributed by atoms with van der Waals surface area (Å²) < 4.78 is 0. The number of carbonyl (C=O) groups excluding carboxylic acids is 16. The van der Waals surface area contributed by atoms with Crippen LogP contribution in [-0.2, 0) is 86.3 Å². The Bertz CT molecular complexity index is 3020. The maximum atomic E-state index is 14.8. The van der Waals surface area contributed by atoms with E-state index in [1.54, 1.807) is 13.8 Å².